The summed E-state index contributed by atoms with van der Waals surface area (Å²) in [7, 11) is 0. The zero-order chi connectivity index (χ0) is 14.0. The molecule has 0 aliphatic heterocycles. The summed E-state index contributed by atoms with van der Waals surface area (Å²) < 4.78 is 6.89. The van der Waals surface area contributed by atoms with Gasteiger partial charge in [-0.15, -0.1) is 0 Å². The summed E-state index contributed by atoms with van der Waals surface area (Å²) in [4.78, 5) is 0. The minimum Gasteiger partial charge on any atom is -0.455 e. The molecule has 0 bridgehead atoms. The fraction of sp³-hybridized carbons (Fsp3) is 0.250. The molecule has 3 heteroatoms. The zero-order valence-electron chi connectivity index (χ0n) is 11.4. The highest BCUT2D eigenvalue weighted by Gasteiger charge is 2.08. The molecule has 2 aromatic rings. The Labute approximate surface area is 122 Å². The van der Waals surface area contributed by atoms with Crippen molar-refractivity contribution in [2.75, 3.05) is 5.73 Å². The molecule has 0 amide bonds. The van der Waals surface area contributed by atoms with Crippen LogP contribution in [0.5, 0.6) is 11.5 Å². The third-order valence-corrected chi connectivity index (χ3v) is 3.56. The monoisotopic (exact) mass is 319 g/mol. The van der Waals surface area contributed by atoms with Gasteiger partial charge in [-0.1, -0.05) is 41.9 Å². The molecule has 0 aromatic heterocycles. The molecule has 0 atom stereocenters. The molecule has 0 heterocycles. The average molecular weight is 320 g/mol. The second-order valence-electron chi connectivity index (χ2n) is 4.96. The van der Waals surface area contributed by atoms with E-state index in [1.165, 1.54) is 5.56 Å². The molecular weight excluding hydrogens is 302 g/mol. The fourth-order valence-electron chi connectivity index (χ4n) is 1.82. The van der Waals surface area contributed by atoms with Crippen LogP contribution in [-0.2, 0) is 0 Å². The first kappa shape index (κ1) is 13.9. The number of halogens is 1. The largest absolute Gasteiger partial charge is 0.455 e. The molecule has 0 unspecified atom stereocenters. The van der Waals surface area contributed by atoms with Crippen molar-refractivity contribution < 1.29 is 4.74 Å². The number of nitrogen functional groups attached to an aromatic ring is 1. The first-order chi connectivity index (χ1) is 8.97. The lowest BCUT2D eigenvalue weighted by Gasteiger charge is -2.14. The van der Waals surface area contributed by atoms with Crippen LogP contribution in [-0.4, -0.2) is 0 Å². The third-order valence-electron chi connectivity index (χ3n) is 3.07. The van der Waals surface area contributed by atoms with Crippen LogP contribution in [0.1, 0.15) is 30.9 Å². The van der Waals surface area contributed by atoms with Crippen LogP contribution >= 0.6 is 15.9 Å². The summed E-state index contributed by atoms with van der Waals surface area (Å²) in [6.07, 6.45) is 0. The van der Waals surface area contributed by atoms with Crippen LogP contribution in [0.2, 0.25) is 0 Å². The van der Waals surface area contributed by atoms with E-state index in [-0.39, 0.29) is 0 Å². The van der Waals surface area contributed by atoms with Crippen molar-refractivity contribution in [3.05, 3.63) is 52.0 Å². The van der Waals surface area contributed by atoms with Crippen molar-refractivity contribution in [3.8, 4) is 11.5 Å². The summed E-state index contributed by atoms with van der Waals surface area (Å²) in [5.41, 5.74) is 8.95. The van der Waals surface area contributed by atoms with Crippen LogP contribution in [0.3, 0.4) is 0 Å². The average Bonchev–Trinajstić information content (AvgIpc) is 2.34. The molecular formula is C16H18BrNO. The molecule has 0 fully saturated rings. The lowest BCUT2D eigenvalue weighted by Crippen LogP contribution is -1.95. The lowest BCUT2D eigenvalue weighted by atomic mass is 10.0. The highest BCUT2D eigenvalue weighted by Crippen LogP contribution is 2.33. The summed E-state index contributed by atoms with van der Waals surface area (Å²) in [5.74, 6) is 2.03. The first-order valence-corrected chi connectivity index (χ1v) is 7.10. The number of nitrogens with two attached hydrogens (primary N) is 1. The summed E-state index contributed by atoms with van der Waals surface area (Å²) >= 11 is 3.39. The van der Waals surface area contributed by atoms with Gasteiger partial charge >= 0.3 is 0 Å². The maximum atomic E-state index is 5.96. The van der Waals surface area contributed by atoms with Crippen LogP contribution in [0.25, 0.3) is 0 Å². The number of ether oxygens (including phenoxy) is 1. The third kappa shape index (κ3) is 3.29. The van der Waals surface area contributed by atoms with E-state index >= 15 is 0 Å². The topological polar surface area (TPSA) is 35.2 Å². The number of rotatable bonds is 3. The van der Waals surface area contributed by atoms with Gasteiger partial charge in [0, 0.05) is 4.47 Å². The van der Waals surface area contributed by atoms with Gasteiger partial charge in [0.1, 0.15) is 11.5 Å². The van der Waals surface area contributed by atoms with Gasteiger partial charge in [0.05, 0.1) is 5.69 Å². The Morgan fingerprint density at radius 3 is 2.42 bits per heavy atom. The molecule has 2 aromatic carbocycles. The minimum atomic E-state index is 0.477. The second kappa shape index (κ2) is 5.66. The fourth-order valence-corrected chi connectivity index (χ4v) is 2.20. The quantitative estimate of drug-likeness (QED) is 0.783. The Hall–Kier alpha value is -1.48. The number of hydrogen-bond acceptors (Lipinski definition) is 2. The van der Waals surface area contributed by atoms with Gasteiger partial charge in [0.25, 0.3) is 0 Å². The normalized spacial score (nSPS) is 10.8. The van der Waals surface area contributed by atoms with Crippen molar-refractivity contribution in [2.45, 2.75) is 26.7 Å². The van der Waals surface area contributed by atoms with Crippen molar-refractivity contribution >= 4 is 21.6 Å². The maximum Gasteiger partial charge on any atom is 0.150 e. The van der Waals surface area contributed by atoms with E-state index in [0.29, 0.717) is 17.4 Å². The first-order valence-electron chi connectivity index (χ1n) is 6.31. The molecule has 19 heavy (non-hydrogen) atoms. The second-order valence-corrected chi connectivity index (χ2v) is 5.88. The predicted molar refractivity (Wildman–Crippen MR) is 83.9 cm³/mol. The Balaban J connectivity index is 2.34. The minimum absolute atomic E-state index is 0.477. The van der Waals surface area contributed by atoms with Gasteiger partial charge in [-0.05, 0) is 48.2 Å². The molecule has 0 aliphatic rings. The van der Waals surface area contributed by atoms with Gasteiger partial charge in [-0.25, -0.2) is 0 Å². The highest BCUT2D eigenvalue weighted by atomic mass is 79.9. The highest BCUT2D eigenvalue weighted by molar-refractivity contribution is 9.10. The van der Waals surface area contributed by atoms with Gasteiger partial charge in [-0.2, -0.15) is 0 Å². The smallest absolute Gasteiger partial charge is 0.150 e. The zero-order valence-corrected chi connectivity index (χ0v) is 13.0. The van der Waals surface area contributed by atoms with E-state index in [2.05, 4.69) is 48.0 Å². The standard InChI is InChI=1S/C16H18BrNO/c1-10(2)12-5-4-11(3)16(8-12)19-15-7-6-13(17)9-14(15)18/h4-10H,18H2,1-3H3. The van der Waals surface area contributed by atoms with E-state index in [1.807, 2.05) is 25.1 Å². The van der Waals surface area contributed by atoms with E-state index < -0.39 is 0 Å². The molecule has 0 spiro atoms. The van der Waals surface area contributed by atoms with Crippen LogP contribution in [0, 0.1) is 6.92 Å². The van der Waals surface area contributed by atoms with Crippen LogP contribution < -0.4 is 10.5 Å². The van der Waals surface area contributed by atoms with Gasteiger partial charge < -0.3 is 10.5 Å². The molecule has 0 radical (unpaired) electrons. The van der Waals surface area contributed by atoms with Crippen molar-refractivity contribution in [1.82, 2.24) is 0 Å². The number of aryl methyl sites for hydroxylation is 1. The molecule has 0 saturated carbocycles. The molecule has 0 saturated heterocycles. The Morgan fingerprint density at radius 2 is 1.79 bits per heavy atom. The summed E-state index contributed by atoms with van der Waals surface area (Å²) in [5, 5.41) is 0. The Morgan fingerprint density at radius 1 is 1.05 bits per heavy atom. The molecule has 2 N–H and O–H groups in total. The number of hydrogen-bond donors (Lipinski definition) is 1. The van der Waals surface area contributed by atoms with E-state index in [9.17, 15) is 0 Å². The Bertz CT molecular complexity index is 593. The van der Waals surface area contributed by atoms with Crippen LogP contribution in [0.4, 0.5) is 5.69 Å². The molecule has 100 valence electrons. The predicted octanol–water partition coefficient (Wildman–Crippen LogP) is 5.26. The van der Waals surface area contributed by atoms with E-state index in [1.54, 1.807) is 0 Å². The number of benzene rings is 2. The lowest BCUT2D eigenvalue weighted by molar-refractivity contribution is 0.480. The van der Waals surface area contributed by atoms with E-state index in [0.717, 1.165) is 15.8 Å². The Kier molecular flexibility index (Phi) is 4.15. The summed E-state index contributed by atoms with van der Waals surface area (Å²) in [6.45, 7) is 6.37. The molecule has 2 rings (SSSR count). The van der Waals surface area contributed by atoms with Crippen molar-refractivity contribution in [1.29, 1.82) is 0 Å². The summed E-state index contributed by atoms with van der Waals surface area (Å²) in [6, 6.07) is 11.9. The van der Waals surface area contributed by atoms with Crippen LogP contribution in [0.15, 0.2) is 40.9 Å². The molecule has 0 aliphatic carbocycles. The van der Waals surface area contributed by atoms with Crippen molar-refractivity contribution in [3.63, 3.8) is 0 Å². The van der Waals surface area contributed by atoms with Gasteiger partial charge in [-0.3, -0.25) is 0 Å². The van der Waals surface area contributed by atoms with E-state index in [4.69, 9.17) is 10.5 Å². The number of anilines is 1. The van der Waals surface area contributed by atoms with Crippen molar-refractivity contribution in [2.24, 2.45) is 0 Å². The maximum absolute atomic E-state index is 5.96. The van der Waals surface area contributed by atoms with Gasteiger partial charge in [0.15, 0.2) is 0 Å². The SMILES string of the molecule is Cc1ccc(C(C)C)cc1Oc1ccc(Br)cc1N. The molecule has 2 nitrogen and oxygen atoms in total. The van der Waals surface area contributed by atoms with Gasteiger partial charge in [0.2, 0.25) is 0 Å².